The number of para-hydroxylation sites is 1. The van der Waals surface area contributed by atoms with Crippen LogP contribution in [0.15, 0.2) is 70.0 Å². The van der Waals surface area contributed by atoms with Gasteiger partial charge in [-0.15, -0.1) is 0 Å². The standard InChI is InChI=1S/C19H15NO3S/c1-2-24(21,22)17-9-5-8-16-18(17)23-19(20-16)15-11-10-13-6-3-4-7-14(13)12-15/h3-12H,2H2,1H3. The van der Waals surface area contributed by atoms with E-state index in [9.17, 15) is 8.42 Å². The van der Waals surface area contributed by atoms with Crippen LogP contribution in [0.3, 0.4) is 0 Å². The molecule has 4 aromatic rings. The number of rotatable bonds is 3. The molecule has 0 aliphatic carbocycles. The summed E-state index contributed by atoms with van der Waals surface area (Å²) in [5, 5.41) is 2.21. The van der Waals surface area contributed by atoms with Gasteiger partial charge in [-0.2, -0.15) is 0 Å². The predicted molar refractivity (Wildman–Crippen MR) is 94.7 cm³/mol. The zero-order chi connectivity index (χ0) is 16.7. The zero-order valence-electron chi connectivity index (χ0n) is 13.1. The molecule has 0 aliphatic heterocycles. The molecule has 3 aromatic carbocycles. The summed E-state index contributed by atoms with van der Waals surface area (Å²) < 4.78 is 30.3. The van der Waals surface area contributed by atoms with E-state index in [0.29, 0.717) is 17.0 Å². The van der Waals surface area contributed by atoms with Crippen LogP contribution in [0, 0.1) is 0 Å². The highest BCUT2D eigenvalue weighted by molar-refractivity contribution is 7.91. The minimum Gasteiger partial charge on any atom is -0.435 e. The van der Waals surface area contributed by atoms with Crippen molar-refractivity contribution in [1.82, 2.24) is 4.98 Å². The predicted octanol–water partition coefficient (Wildman–Crippen LogP) is 4.44. The van der Waals surface area contributed by atoms with Crippen LogP contribution in [-0.2, 0) is 9.84 Å². The average Bonchev–Trinajstić information content (AvgIpc) is 3.05. The van der Waals surface area contributed by atoms with E-state index in [1.807, 2.05) is 42.5 Å². The van der Waals surface area contributed by atoms with Gasteiger partial charge in [-0.1, -0.05) is 43.3 Å². The van der Waals surface area contributed by atoms with Crippen LogP contribution in [-0.4, -0.2) is 19.2 Å². The second kappa shape index (κ2) is 5.46. The minimum atomic E-state index is -3.36. The first kappa shape index (κ1) is 14.9. The quantitative estimate of drug-likeness (QED) is 0.554. The number of hydrogen-bond donors (Lipinski definition) is 0. The lowest BCUT2D eigenvalue weighted by Gasteiger charge is -2.01. The van der Waals surface area contributed by atoms with Crippen LogP contribution in [0.1, 0.15) is 6.92 Å². The van der Waals surface area contributed by atoms with Gasteiger partial charge in [0.05, 0.1) is 5.75 Å². The summed E-state index contributed by atoms with van der Waals surface area (Å²) in [5.41, 5.74) is 1.69. The van der Waals surface area contributed by atoms with Gasteiger partial charge in [0.25, 0.3) is 0 Å². The van der Waals surface area contributed by atoms with Gasteiger partial charge in [0, 0.05) is 5.56 Å². The van der Waals surface area contributed by atoms with Crippen molar-refractivity contribution in [2.45, 2.75) is 11.8 Å². The molecule has 1 aromatic heterocycles. The Kier molecular flexibility index (Phi) is 3.39. The Bertz CT molecular complexity index is 1160. The number of oxazole rings is 1. The molecule has 4 nitrogen and oxygen atoms in total. The van der Waals surface area contributed by atoms with Crippen molar-refractivity contribution >= 4 is 31.7 Å². The van der Waals surface area contributed by atoms with Gasteiger partial charge in [-0.3, -0.25) is 0 Å². The molecule has 120 valence electrons. The molecular formula is C19H15NO3S. The lowest BCUT2D eigenvalue weighted by molar-refractivity contribution is 0.587. The molecule has 0 atom stereocenters. The van der Waals surface area contributed by atoms with E-state index in [2.05, 4.69) is 4.98 Å². The Morgan fingerprint density at radius 2 is 1.75 bits per heavy atom. The smallest absolute Gasteiger partial charge is 0.227 e. The maximum absolute atomic E-state index is 12.2. The average molecular weight is 337 g/mol. The van der Waals surface area contributed by atoms with Crippen molar-refractivity contribution in [2.75, 3.05) is 5.75 Å². The van der Waals surface area contributed by atoms with Crippen LogP contribution in [0.5, 0.6) is 0 Å². The molecule has 0 aliphatic rings. The largest absolute Gasteiger partial charge is 0.435 e. The molecular weight excluding hydrogens is 322 g/mol. The zero-order valence-corrected chi connectivity index (χ0v) is 13.9. The van der Waals surface area contributed by atoms with E-state index in [1.165, 1.54) is 0 Å². The molecule has 0 unspecified atom stereocenters. The van der Waals surface area contributed by atoms with E-state index in [1.54, 1.807) is 25.1 Å². The van der Waals surface area contributed by atoms with E-state index >= 15 is 0 Å². The maximum atomic E-state index is 12.2. The number of benzene rings is 3. The highest BCUT2D eigenvalue weighted by Crippen LogP contribution is 2.30. The van der Waals surface area contributed by atoms with E-state index in [-0.39, 0.29) is 10.6 Å². The molecule has 0 spiro atoms. The van der Waals surface area contributed by atoms with Gasteiger partial charge in [0.2, 0.25) is 5.89 Å². The molecule has 1 heterocycles. The van der Waals surface area contributed by atoms with Gasteiger partial charge in [-0.25, -0.2) is 13.4 Å². The summed E-state index contributed by atoms with van der Waals surface area (Å²) in [6.45, 7) is 1.62. The number of nitrogens with zero attached hydrogens (tertiary/aromatic N) is 1. The number of hydrogen-bond acceptors (Lipinski definition) is 4. The first-order chi connectivity index (χ1) is 11.6. The Balaban J connectivity index is 1.92. The summed E-state index contributed by atoms with van der Waals surface area (Å²) in [6, 6.07) is 19.0. The third-order valence-corrected chi connectivity index (χ3v) is 5.84. The highest BCUT2D eigenvalue weighted by atomic mass is 32.2. The first-order valence-electron chi connectivity index (χ1n) is 7.70. The van der Waals surface area contributed by atoms with Crippen molar-refractivity contribution < 1.29 is 12.8 Å². The number of sulfone groups is 1. The lowest BCUT2D eigenvalue weighted by Crippen LogP contribution is -2.03. The second-order valence-corrected chi connectivity index (χ2v) is 7.84. The van der Waals surface area contributed by atoms with Crippen molar-refractivity contribution in [1.29, 1.82) is 0 Å². The van der Waals surface area contributed by atoms with Crippen LogP contribution < -0.4 is 0 Å². The summed E-state index contributed by atoms with van der Waals surface area (Å²) in [5.74, 6) is 0.451. The molecule has 0 fully saturated rings. The summed E-state index contributed by atoms with van der Waals surface area (Å²) >= 11 is 0. The number of aromatic nitrogens is 1. The highest BCUT2D eigenvalue weighted by Gasteiger charge is 2.20. The van der Waals surface area contributed by atoms with Crippen molar-refractivity contribution in [3.05, 3.63) is 60.7 Å². The van der Waals surface area contributed by atoms with Crippen LogP contribution >= 0.6 is 0 Å². The van der Waals surface area contributed by atoms with Gasteiger partial charge in [-0.05, 0) is 35.0 Å². The Hall–Kier alpha value is -2.66. The van der Waals surface area contributed by atoms with Gasteiger partial charge >= 0.3 is 0 Å². The summed E-state index contributed by atoms with van der Waals surface area (Å²) in [7, 11) is -3.36. The van der Waals surface area contributed by atoms with Crippen LogP contribution in [0.4, 0.5) is 0 Å². The van der Waals surface area contributed by atoms with Crippen molar-refractivity contribution in [3.63, 3.8) is 0 Å². The molecule has 0 radical (unpaired) electrons. The number of fused-ring (bicyclic) bond motifs is 2. The fourth-order valence-corrected chi connectivity index (χ4v) is 3.80. The summed E-state index contributed by atoms with van der Waals surface area (Å²) in [6.07, 6.45) is 0. The Morgan fingerprint density at radius 3 is 2.54 bits per heavy atom. The summed E-state index contributed by atoms with van der Waals surface area (Å²) in [4.78, 5) is 4.66. The topological polar surface area (TPSA) is 60.2 Å². The molecule has 0 amide bonds. The molecule has 0 saturated carbocycles. The Morgan fingerprint density at radius 1 is 0.958 bits per heavy atom. The first-order valence-corrected chi connectivity index (χ1v) is 9.35. The normalized spacial score (nSPS) is 12.0. The third-order valence-electron chi connectivity index (χ3n) is 4.09. The van der Waals surface area contributed by atoms with Crippen molar-refractivity contribution in [2.24, 2.45) is 0 Å². The van der Waals surface area contributed by atoms with E-state index < -0.39 is 9.84 Å². The molecule has 5 heteroatoms. The fraction of sp³-hybridized carbons (Fsp3) is 0.105. The van der Waals surface area contributed by atoms with E-state index in [0.717, 1.165) is 16.3 Å². The van der Waals surface area contributed by atoms with Crippen LogP contribution in [0.25, 0.3) is 33.3 Å². The molecule has 24 heavy (non-hydrogen) atoms. The monoisotopic (exact) mass is 337 g/mol. The lowest BCUT2D eigenvalue weighted by atomic mass is 10.1. The molecule has 4 rings (SSSR count). The van der Waals surface area contributed by atoms with Crippen LogP contribution in [0.2, 0.25) is 0 Å². The fourth-order valence-electron chi connectivity index (χ4n) is 2.77. The van der Waals surface area contributed by atoms with Gasteiger partial charge < -0.3 is 4.42 Å². The molecule has 0 saturated heterocycles. The Labute approximate surface area is 139 Å². The SMILES string of the molecule is CCS(=O)(=O)c1cccc2nc(-c3ccc4ccccc4c3)oc12. The van der Waals surface area contributed by atoms with Gasteiger partial charge in [0.1, 0.15) is 10.4 Å². The second-order valence-electron chi connectivity index (χ2n) is 5.59. The third kappa shape index (κ3) is 2.37. The maximum Gasteiger partial charge on any atom is 0.227 e. The molecule has 0 bridgehead atoms. The molecule has 0 N–H and O–H groups in total. The minimum absolute atomic E-state index is 0.0259. The van der Waals surface area contributed by atoms with Gasteiger partial charge in [0.15, 0.2) is 15.4 Å². The van der Waals surface area contributed by atoms with E-state index in [4.69, 9.17) is 4.42 Å². The van der Waals surface area contributed by atoms with Crippen molar-refractivity contribution in [3.8, 4) is 11.5 Å².